The van der Waals surface area contributed by atoms with E-state index in [1.54, 1.807) is 12.1 Å². The molecule has 0 fully saturated rings. The summed E-state index contributed by atoms with van der Waals surface area (Å²) in [5.74, 6) is -0.218. The second kappa shape index (κ2) is 5.45. The smallest absolute Gasteiger partial charge is 0.181 e. The number of anilines is 1. The number of halogens is 1. The second-order valence-electron chi connectivity index (χ2n) is 5.12. The molecule has 0 amide bonds. The first-order valence-electron chi connectivity index (χ1n) is 6.87. The topological polar surface area (TPSA) is 29.1 Å². The molecule has 0 radical (unpaired) electrons. The maximum Gasteiger partial charge on any atom is 0.181 e. The quantitative estimate of drug-likeness (QED) is 0.859. The van der Waals surface area contributed by atoms with Crippen LogP contribution in [0.5, 0.6) is 0 Å². The Bertz CT molecular complexity index is 634. The monoisotopic (exact) mass is 269 g/mol. The zero-order valence-corrected chi connectivity index (χ0v) is 11.2. The van der Waals surface area contributed by atoms with Crippen LogP contribution >= 0.6 is 0 Å². The molecule has 2 nitrogen and oxygen atoms in total. The van der Waals surface area contributed by atoms with Crippen molar-refractivity contribution in [3.63, 3.8) is 0 Å². The average Bonchev–Trinajstić information content (AvgIpc) is 2.93. The Morgan fingerprint density at radius 3 is 2.60 bits per heavy atom. The number of carbonyl (C=O) groups excluding carboxylic acids is 1. The van der Waals surface area contributed by atoms with Crippen LogP contribution in [-0.2, 0) is 12.8 Å². The SMILES string of the molecule is O=C(CNc1ccc(F)cc1)c1ccc2c(c1)CCC2. The van der Waals surface area contributed by atoms with Gasteiger partial charge < -0.3 is 5.32 Å². The van der Waals surface area contributed by atoms with Gasteiger partial charge in [-0.25, -0.2) is 4.39 Å². The Morgan fingerprint density at radius 1 is 1.05 bits per heavy atom. The number of hydrogen-bond donors (Lipinski definition) is 1. The lowest BCUT2D eigenvalue weighted by Crippen LogP contribution is -2.14. The van der Waals surface area contributed by atoms with E-state index >= 15 is 0 Å². The van der Waals surface area contributed by atoms with E-state index in [9.17, 15) is 9.18 Å². The highest BCUT2D eigenvalue weighted by atomic mass is 19.1. The van der Waals surface area contributed by atoms with Crippen LogP contribution in [0.1, 0.15) is 27.9 Å². The summed E-state index contributed by atoms with van der Waals surface area (Å²) in [6.45, 7) is 0.227. The van der Waals surface area contributed by atoms with Gasteiger partial charge in [0.05, 0.1) is 6.54 Å². The lowest BCUT2D eigenvalue weighted by atomic mass is 10.0. The minimum Gasteiger partial charge on any atom is -0.378 e. The molecular weight excluding hydrogens is 253 g/mol. The highest BCUT2D eigenvalue weighted by molar-refractivity contribution is 5.99. The first-order valence-corrected chi connectivity index (χ1v) is 6.87. The van der Waals surface area contributed by atoms with Crippen LogP contribution < -0.4 is 5.32 Å². The van der Waals surface area contributed by atoms with Crippen molar-refractivity contribution in [2.75, 3.05) is 11.9 Å². The van der Waals surface area contributed by atoms with Gasteiger partial charge >= 0.3 is 0 Å². The summed E-state index contributed by atoms with van der Waals surface area (Å²) in [6.07, 6.45) is 3.38. The molecule has 1 N–H and O–H groups in total. The van der Waals surface area contributed by atoms with E-state index in [0.29, 0.717) is 0 Å². The minimum absolute atomic E-state index is 0.0593. The van der Waals surface area contributed by atoms with Crippen molar-refractivity contribution in [3.8, 4) is 0 Å². The fourth-order valence-corrected chi connectivity index (χ4v) is 2.60. The molecule has 102 valence electrons. The Labute approximate surface area is 117 Å². The Kier molecular flexibility index (Phi) is 3.50. The maximum absolute atomic E-state index is 12.8. The molecule has 2 aromatic rings. The van der Waals surface area contributed by atoms with Gasteiger partial charge in [-0.3, -0.25) is 4.79 Å². The molecule has 0 atom stereocenters. The molecule has 0 aliphatic heterocycles. The van der Waals surface area contributed by atoms with E-state index in [0.717, 1.165) is 24.1 Å². The molecule has 20 heavy (non-hydrogen) atoms. The molecule has 3 heteroatoms. The van der Waals surface area contributed by atoms with Gasteiger partial charge in [-0.2, -0.15) is 0 Å². The Hall–Kier alpha value is -2.16. The zero-order chi connectivity index (χ0) is 13.9. The molecule has 0 spiro atoms. The van der Waals surface area contributed by atoms with Gasteiger partial charge in [0.1, 0.15) is 5.82 Å². The summed E-state index contributed by atoms with van der Waals surface area (Å²) in [7, 11) is 0. The summed E-state index contributed by atoms with van der Waals surface area (Å²) < 4.78 is 12.8. The van der Waals surface area contributed by atoms with E-state index < -0.39 is 0 Å². The minimum atomic E-state index is -0.277. The Balaban J connectivity index is 1.66. The first kappa shape index (κ1) is 12.9. The van der Waals surface area contributed by atoms with E-state index in [4.69, 9.17) is 0 Å². The number of ketones is 1. The third kappa shape index (κ3) is 2.72. The van der Waals surface area contributed by atoms with Crippen molar-refractivity contribution in [2.45, 2.75) is 19.3 Å². The van der Waals surface area contributed by atoms with Crippen LogP contribution in [0, 0.1) is 5.82 Å². The van der Waals surface area contributed by atoms with Crippen LogP contribution in [0.4, 0.5) is 10.1 Å². The van der Waals surface area contributed by atoms with Crippen molar-refractivity contribution in [1.29, 1.82) is 0 Å². The molecule has 0 bridgehead atoms. The van der Waals surface area contributed by atoms with Crippen molar-refractivity contribution in [1.82, 2.24) is 0 Å². The molecule has 0 unspecified atom stereocenters. The van der Waals surface area contributed by atoms with Crippen LogP contribution in [-0.4, -0.2) is 12.3 Å². The number of fused-ring (bicyclic) bond motifs is 1. The largest absolute Gasteiger partial charge is 0.378 e. The molecular formula is C17H16FNO. The molecule has 1 aliphatic carbocycles. The maximum atomic E-state index is 12.8. The normalized spacial score (nSPS) is 13.1. The summed E-state index contributed by atoms with van der Waals surface area (Å²) in [4.78, 5) is 12.1. The molecule has 1 aliphatic rings. The number of rotatable bonds is 4. The average molecular weight is 269 g/mol. The summed E-state index contributed by atoms with van der Waals surface area (Å²) >= 11 is 0. The summed E-state index contributed by atoms with van der Waals surface area (Å²) in [6, 6.07) is 12.0. The molecule has 0 heterocycles. The van der Waals surface area contributed by atoms with Crippen molar-refractivity contribution >= 4 is 11.5 Å². The van der Waals surface area contributed by atoms with Gasteiger partial charge in [-0.05, 0) is 60.7 Å². The predicted molar refractivity (Wildman–Crippen MR) is 77.7 cm³/mol. The second-order valence-corrected chi connectivity index (χ2v) is 5.12. The fourth-order valence-electron chi connectivity index (χ4n) is 2.60. The number of benzene rings is 2. The van der Waals surface area contributed by atoms with Crippen LogP contribution in [0.2, 0.25) is 0 Å². The van der Waals surface area contributed by atoms with Crippen LogP contribution in [0.25, 0.3) is 0 Å². The van der Waals surface area contributed by atoms with Crippen molar-refractivity contribution in [3.05, 3.63) is 65.0 Å². The standard InChI is InChI=1S/C17H16FNO/c18-15-6-8-16(9-7-15)19-11-17(20)14-5-4-12-2-1-3-13(12)10-14/h4-10,19H,1-3,11H2. The van der Waals surface area contributed by atoms with E-state index in [-0.39, 0.29) is 18.1 Å². The van der Waals surface area contributed by atoms with Gasteiger partial charge in [0.25, 0.3) is 0 Å². The van der Waals surface area contributed by atoms with Gasteiger partial charge in [-0.1, -0.05) is 12.1 Å². The number of aryl methyl sites for hydroxylation is 2. The molecule has 0 saturated carbocycles. The van der Waals surface area contributed by atoms with Gasteiger partial charge in [0.2, 0.25) is 0 Å². The third-order valence-electron chi connectivity index (χ3n) is 3.72. The van der Waals surface area contributed by atoms with E-state index in [1.165, 1.54) is 29.7 Å². The molecule has 2 aromatic carbocycles. The summed E-state index contributed by atoms with van der Waals surface area (Å²) in [5, 5.41) is 3.02. The highest BCUT2D eigenvalue weighted by Gasteiger charge is 2.13. The van der Waals surface area contributed by atoms with Gasteiger partial charge in [0.15, 0.2) is 5.78 Å². The first-order chi connectivity index (χ1) is 9.72. The molecule has 3 rings (SSSR count). The number of hydrogen-bond acceptors (Lipinski definition) is 2. The number of nitrogens with one attached hydrogen (secondary N) is 1. The highest BCUT2D eigenvalue weighted by Crippen LogP contribution is 2.23. The van der Waals surface area contributed by atoms with Crippen molar-refractivity contribution < 1.29 is 9.18 Å². The predicted octanol–water partition coefficient (Wildman–Crippen LogP) is 3.61. The zero-order valence-electron chi connectivity index (χ0n) is 11.2. The van der Waals surface area contributed by atoms with Crippen LogP contribution in [0.15, 0.2) is 42.5 Å². The lowest BCUT2D eigenvalue weighted by Gasteiger charge is -2.07. The van der Waals surface area contributed by atoms with E-state index in [1.807, 2.05) is 12.1 Å². The summed E-state index contributed by atoms with van der Waals surface area (Å²) in [5.41, 5.74) is 4.17. The number of Topliss-reactive ketones (excluding diaryl/α,β-unsaturated/α-hetero) is 1. The third-order valence-corrected chi connectivity index (χ3v) is 3.72. The van der Waals surface area contributed by atoms with E-state index in [2.05, 4.69) is 11.4 Å². The van der Waals surface area contributed by atoms with Crippen LogP contribution in [0.3, 0.4) is 0 Å². The number of carbonyl (C=O) groups is 1. The molecule has 0 saturated heterocycles. The lowest BCUT2D eigenvalue weighted by molar-refractivity contribution is 0.101. The van der Waals surface area contributed by atoms with Crippen molar-refractivity contribution in [2.24, 2.45) is 0 Å². The Morgan fingerprint density at radius 2 is 1.80 bits per heavy atom. The molecule has 0 aromatic heterocycles. The van der Waals surface area contributed by atoms with Gasteiger partial charge in [0, 0.05) is 11.3 Å². The fraction of sp³-hybridized carbons (Fsp3) is 0.235. The van der Waals surface area contributed by atoms with Gasteiger partial charge in [-0.15, -0.1) is 0 Å².